The van der Waals surface area contributed by atoms with Crippen molar-refractivity contribution >= 4 is 21.7 Å². The van der Waals surface area contributed by atoms with E-state index in [1.807, 2.05) is 4.91 Å². The molecule has 0 aliphatic rings. The maximum atomic E-state index is 13.7. The van der Waals surface area contributed by atoms with Crippen molar-refractivity contribution in [3.63, 3.8) is 0 Å². The van der Waals surface area contributed by atoms with Crippen LogP contribution in [-0.2, 0) is 19.1 Å². The van der Waals surface area contributed by atoms with Crippen LogP contribution in [0.2, 0.25) is 0 Å². The fourth-order valence-corrected chi connectivity index (χ4v) is 2.45. The van der Waals surface area contributed by atoms with E-state index in [4.69, 9.17) is 5.53 Å². The number of benzene rings is 1. The molecule has 0 aliphatic heterocycles. The summed E-state index contributed by atoms with van der Waals surface area (Å²) in [6.07, 6.45) is 0.868. The Morgan fingerprint density at radius 3 is 2.25 bits per heavy atom. The smallest absolute Gasteiger partial charge is 0.303 e. The number of rotatable bonds is 7. The van der Waals surface area contributed by atoms with Gasteiger partial charge in [-0.15, -0.1) is 0 Å². The number of hydrogen-bond acceptors (Lipinski definition) is 5. The normalized spacial score (nSPS) is 10.8. The van der Waals surface area contributed by atoms with Gasteiger partial charge in [0.2, 0.25) is 5.91 Å². The van der Waals surface area contributed by atoms with Crippen LogP contribution >= 0.6 is 0 Å². The van der Waals surface area contributed by atoms with Crippen molar-refractivity contribution in [1.29, 1.82) is 0 Å². The minimum absolute atomic E-state index is 0.394. The first-order valence-electron chi connectivity index (χ1n) is 5.88. The molecule has 0 spiro atoms. The molecule has 0 heterocycles. The molecule has 1 aromatic rings. The van der Waals surface area contributed by atoms with E-state index in [1.54, 1.807) is 0 Å². The van der Waals surface area contributed by atoms with Gasteiger partial charge in [-0.2, -0.15) is 8.42 Å². The molecule has 0 aliphatic carbocycles. The minimum Gasteiger partial charge on any atom is -0.350 e. The maximum absolute atomic E-state index is 13.7. The van der Waals surface area contributed by atoms with E-state index >= 15 is 0 Å². The molecule has 24 heavy (non-hydrogen) atoms. The Kier molecular flexibility index (Phi) is 6.28. The van der Waals surface area contributed by atoms with Crippen molar-refractivity contribution in [3.8, 4) is 0 Å². The lowest BCUT2D eigenvalue weighted by atomic mass is 10.2. The van der Waals surface area contributed by atoms with Gasteiger partial charge in [-0.3, -0.25) is 8.98 Å². The Morgan fingerprint density at radius 1 is 1.25 bits per heavy atom. The second-order valence-electron chi connectivity index (χ2n) is 3.89. The zero-order valence-corrected chi connectivity index (χ0v) is 12.4. The highest BCUT2D eigenvalue weighted by molar-refractivity contribution is 7.86. The molecule has 0 radical (unpaired) electrons. The van der Waals surface area contributed by atoms with Crippen molar-refractivity contribution in [2.75, 3.05) is 13.2 Å². The van der Waals surface area contributed by atoms with Crippen LogP contribution in [0.25, 0.3) is 10.4 Å². The Hall–Kier alpha value is -2.63. The van der Waals surface area contributed by atoms with Gasteiger partial charge in [-0.1, -0.05) is 11.7 Å². The van der Waals surface area contributed by atoms with Gasteiger partial charge >= 0.3 is 10.1 Å². The van der Waals surface area contributed by atoms with Crippen LogP contribution < -0.4 is 5.32 Å². The Labute approximate surface area is 132 Å². The topological polar surface area (TPSA) is 121 Å². The van der Waals surface area contributed by atoms with Crippen LogP contribution in [0.3, 0.4) is 0 Å². The van der Waals surface area contributed by atoms with Gasteiger partial charge in [-0.05, 0) is 11.6 Å². The molecule has 0 fully saturated rings. The summed E-state index contributed by atoms with van der Waals surface area (Å²) in [6, 6.07) is 0. The summed E-state index contributed by atoms with van der Waals surface area (Å²) in [4.78, 5) is 10.8. The number of azide groups is 1. The molecule has 1 aromatic carbocycles. The second-order valence-corrected chi connectivity index (χ2v) is 5.45. The molecule has 0 saturated carbocycles. The maximum Gasteiger partial charge on any atom is 0.303 e. The molecular weight excluding hydrogens is 360 g/mol. The predicted octanol–water partition coefficient (Wildman–Crippen LogP) is 2.19. The first-order valence-corrected chi connectivity index (χ1v) is 7.29. The van der Waals surface area contributed by atoms with Gasteiger partial charge in [-0.25, -0.2) is 17.6 Å². The van der Waals surface area contributed by atoms with Crippen molar-refractivity contribution in [1.82, 2.24) is 5.32 Å². The molecule has 1 amide bonds. The molecule has 0 unspecified atom stereocenters. The standard InChI is InChI=1S/C11H8F4N4O4S/c1-2-5(20)17-3-4-23-24(21,22)11-8(14)6(12)10(18-19-16)7(13)9(11)15/h2H,1,3-4H2,(H,17,20). The van der Waals surface area contributed by atoms with Crippen LogP contribution in [0.15, 0.2) is 22.7 Å². The zero-order chi connectivity index (χ0) is 18.5. The molecular formula is C11H8F4N4O4S. The third-order valence-electron chi connectivity index (χ3n) is 2.42. The quantitative estimate of drug-likeness (QED) is 0.116. The largest absolute Gasteiger partial charge is 0.350 e. The van der Waals surface area contributed by atoms with Gasteiger partial charge in [0.25, 0.3) is 0 Å². The molecule has 0 atom stereocenters. The number of halogens is 4. The van der Waals surface area contributed by atoms with Crippen LogP contribution in [0.5, 0.6) is 0 Å². The molecule has 0 saturated heterocycles. The fourth-order valence-electron chi connectivity index (χ4n) is 1.41. The van der Waals surface area contributed by atoms with Crippen molar-refractivity contribution in [2.45, 2.75) is 4.90 Å². The summed E-state index contributed by atoms with van der Waals surface area (Å²) in [6.45, 7) is 1.94. The first kappa shape index (κ1) is 19.4. The molecule has 1 N–H and O–H groups in total. The van der Waals surface area contributed by atoms with E-state index in [-0.39, 0.29) is 0 Å². The van der Waals surface area contributed by atoms with E-state index in [1.165, 1.54) is 0 Å². The fraction of sp³-hybridized carbons (Fsp3) is 0.182. The molecule has 8 nitrogen and oxygen atoms in total. The van der Waals surface area contributed by atoms with Crippen molar-refractivity contribution < 1.29 is 35.0 Å². The monoisotopic (exact) mass is 368 g/mol. The van der Waals surface area contributed by atoms with E-state index in [9.17, 15) is 30.8 Å². The van der Waals surface area contributed by atoms with Gasteiger partial charge in [0, 0.05) is 11.5 Å². The highest BCUT2D eigenvalue weighted by atomic mass is 32.2. The van der Waals surface area contributed by atoms with Crippen LogP contribution in [0, 0.1) is 23.3 Å². The first-order chi connectivity index (χ1) is 11.2. The van der Waals surface area contributed by atoms with E-state index < -0.39 is 63.0 Å². The highest BCUT2D eigenvalue weighted by Crippen LogP contribution is 2.33. The Morgan fingerprint density at radius 2 is 1.79 bits per heavy atom. The SMILES string of the molecule is C=CC(=O)NCCOS(=O)(=O)c1c(F)c(F)c(N=[N+]=[N-])c(F)c1F. The average molecular weight is 368 g/mol. The second kappa shape index (κ2) is 7.77. The lowest BCUT2D eigenvalue weighted by Gasteiger charge is -2.10. The number of nitrogens with one attached hydrogen (secondary N) is 1. The Bertz CT molecular complexity index is 808. The third-order valence-corrected chi connectivity index (χ3v) is 3.76. The van der Waals surface area contributed by atoms with Crippen molar-refractivity contribution in [3.05, 3.63) is 46.4 Å². The molecule has 13 heteroatoms. The average Bonchev–Trinajstić information content (AvgIpc) is 2.53. The van der Waals surface area contributed by atoms with Gasteiger partial charge < -0.3 is 5.32 Å². The number of hydrogen-bond donors (Lipinski definition) is 1. The molecule has 130 valence electrons. The zero-order valence-electron chi connectivity index (χ0n) is 11.6. The van der Waals surface area contributed by atoms with Gasteiger partial charge in [0.1, 0.15) is 5.69 Å². The number of amides is 1. The van der Waals surface area contributed by atoms with Crippen LogP contribution in [0.4, 0.5) is 23.2 Å². The highest BCUT2D eigenvalue weighted by Gasteiger charge is 2.33. The predicted molar refractivity (Wildman–Crippen MR) is 71.4 cm³/mol. The van der Waals surface area contributed by atoms with E-state index in [0.29, 0.717) is 0 Å². The molecule has 0 bridgehead atoms. The lowest BCUT2D eigenvalue weighted by molar-refractivity contribution is -0.116. The number of carbonyl (C=O) groups is 1. The summed E-state index contributed by atoms with van der Waals surface area (Å²) in [5.74, 6) is -9.70. The van der Waals surface area contributed by atoms with E-state index in [2.05, 4.69) is 21.2 Å². The van der Waals surface area contributed by atoms with Crippen LogP contribution in [-0.4, -0.2) is 27.5 Å². The Balaban J connectivity index is 3.19. The summed E-state index contributed by atoms with van der Waals surface area (Å²) >= 11 is 0. The van der Waals surface area contributed by atoms with E-state index in [0.717, 1.165) is 6.08 Å². The number of carbonyl (C=O) groups excluding carboxylic acids is 1. The summed E-state index contributed by atoms with van der Waals surface area (Å²) in [5.41, 5.74) is 6.42. The van der Waals surface area contributed by atoms with Gasteiger partial charge in [0.05, 0.1) is 6.61 Å². The third kappa shape index (κ3) is 4.01. The van der Waals surface area contributed by atoms with Crippen LogP contribution in [0.1, 0.15) is 0 Å². The summed E-state index contributed by atoms with van der Waals surface area (Å²) in [7, 11) is -5.24. The molecule has 0 aromatic heterocycles. The summed E-state index contributed by atoms with van der Waals surface area (Å²) in [5, 5.41) is 4.51. The minimum atomic E-state index is -5.24. The van der Waals surface area contributed by atoms with Crippen molar-refractivity contribution in [2.24, 2.45) is 5.11 Å². The lowest BCUT2D eigenvalue weighted by Crippen LogP contribution is -2.26. The summed E-state index contributed by atoms with van der Waals surface area (Å²) < 4.78 is 82.0. The number of nitrogens with zero attached hydrogens (tertiary/aromatic N) is 3. The van der Waals surface area contributed by atoms with Gasteiger partial charge in [0.15, 0.2) is 28.2 Å². The molecule has 1 rings (SSSR count).